The van der Waals surface area contributed by atoms with Crippen LogP contribution in [0, 0.1) is 5.82 Å². The molecule has 0 aliphatic carbocycles. The molecule has 0 radical (unpaired) electrons. The van der Waals surface area contributed by atoms with Crippen LogP contribution in [0.3, 0.4) is 0 Å². The molecule has 1 aromatic rings. The van der Waals surface area contributed by atoms with E-state index in [1.807, 2.05) is 0 Å². The highest BCUT2D eigenvalue weighted by atomic mass is 19.1. The summed E-state index contributed by atoms with van der Waals surface area (Å²) in [6, 6.07) is 3.95. The summed E-state index contributed by atoms with van der Waals surface area (Å²) < 4.78 is 17.9. The van der Waals surface area contributed by atoms with Crippen LogP contribution >= 0.6 is 0 Å². The van der Waals surface area contributed by atoms with Crippen molar-refractivity contribution >= 4 is 5.91 Å². The molecule has 1 fully saturated rings. The van der Waals surface area contributed by atoms with Gasteiger partial charge >= 0.3 is 0 Å². The van der Waals surface area contributed by atoms with Gasteiger partial charge < -0.3 is 10.5 Å². The van der Waals surface area contributed by atoms with Gasteiger partial charge in [-0.05, 0) is 12.1 Å². The van der Waals surface area contributed by atoms with Crippen LogP contribution in [-0.2, 0) is 15.4 Å². The number of carbonyl (C=O) groups excluding carboxylic acids is 1. The van der Waals surface area contributed by atoms with E-state index in [1.165, 1.54) is 25.3 Å². The summed E-state index contributed by atoms with van der Waals surface area (Å²) in [7, 11) is 1.33. The molecule has 1 amide bonds. The summed E-state index contributed by atoms with van der Waals surface area (Å²) in [6.45, 7) is 0. The molecule has 0 saturated carbocycles. The second-order valence-electron chi connectivity index (χ2n) is 3.10. The quantitative estimate of drug-likeness (QED) is 0.691. The number of nitrogens with one attached hydrogen (secondary N) is 1. The number of hydrogen-bond acceptors (Lipinski definition) is 4. The van der Waals surface area contributed by atoms with Crippen LogP contribution in [0.4, 0.5) is 4.39 Å². The maximum absolute atomic E-state index is 13.1. The molecule has 1 aliphatic heterocycles. The van der Waals surface area contributed by atoms with Crippen molar-refractivity contribution in [3.8, 4) is 5.75 Å². The summed E-state index contributed by atoms with van der Waals surface area (Å²) in [5.41, 5.74) is 6.59. The van der Waals surface area contributed by atoms with Crippen molar-refractivity contribution in [2.24, 2.45) is 5.73 Å². The number of halogens is 1. The van der Waals surface area contributed by atoms with E-state index < -0.39 is 17.4 Å². The van der Waals surface area contributed by atoms with Gasteiger partial charge in [0.15, 0.2) is 11.6 Å². The molecule has 1 unspecified atom stereocenters. The van der Waals surface area contributed by atoms with Gasteiger partial charge in [0.05, 0.1) is 7.11 Å². The minimum absolute atomic E-state index is 0.0328. The molecule has 0 spiro atoms. The first-order valence-electron chi connectivity index (χ1n) is 4.19. The number of hydroxylamine groups is 1. The van der Waals surface area contributed by atoms with Crippen LogP contribution in [0.25, 0.3) is 0 Å². The molecular formula is C9H9FN2O3. The Hall–Kier alpha value is -1.66. The minimum atomic E-state index is -1.33. The maximum atomic E-state index is 13.1. The van der Waals surface area contributed by atoms with Crippen LogP contribution in [0.5, 0.6) is 5.75 Å². The Morgan fingerprint density at radius 1 is 1.67 bits per heavy atom. The summed E-state index contributed by atoms with van der Waals surface area (Å²) >= 11 is 0. The highest BCUT2D eigenvalue weighted by molar-refractivity contribution is 5.86. The van der Waals surface area contributed by atoms with E-state index >= 15 is 0 Å². The average molecular weight is 212 g/mol. The van der Waals surface area contributed by atoms with Gasteiger partial charge in [-0.15, -0.1) is 0 Å². The largest absolute Gasteiger partial charge is 0.494 e. The van der Waals surface area contributed by atoms with Gasteiger partial charge in [0.25, 0.3) is 11.6 Å². The Bertz CT molecular complexity index is 418. The second kappa shape index (κ2) is 3.18. The molecule has 3 N–H and O–H groups in total. The second-order valence-corrected chi connectivity index (χ2v) is 3.10. The van der Waals surface area contributed by atoms with Crippen molar-refractivity contribution in [3.05, 3.63) is 29.6 Å². The van der Waals surface area contributed by atoms with Gasteiger partial charge in [0.1, 0.15) is 0 Å². The number of benzene rings is 1. The smallest absolute Gasteiger partial charge is 0.273 e. The van der Waals surface area contributed by atoms with Gasteiger partial charge in [0, 0.05) is 5.56 Å². The summed E-state index contributed by atoms with van der Waals surface area (Å²) in [6.07, 6.45) is 0. The van der Waals surface area contributed by atoms with E-state index in [2.05, 4.69) is 5.48 Å². The molecule has 1 saturated heterocycles. The number of hydrogen-bond donors (Lipinski definition) is 2. The normalized spacial score (nSPS) is 23.6. The fraction of sp³-hybridized carbons (Fsp3) is 0.222. The van der Waals surface area contributed by atoms with Gasteiger partial charge in [-0.3, -0.25) is 9.63 Å². The number of amides is 1. The van der Waals surface area contributed by atoms with Crippen molar-refractivity contribution in [1.82, 2.24) is 5.48 Å². The molecule has 1 atom stereocenters. The minimum Gasteiger partial charge on any atom is -0.494 e. The lowest BCUT2D eigenvalue weighted by atomic mass is 10.0. The van der Waals surface area contributed by atoms with Gasteiger partial charge in [-0.2, -0.15) is 5.48 Å². The van der Waals surface area contributed by atoms with Crippen LogP contribution in [-0.4, -0.2) is 13.0 Å². The fourth-order valence-corrected chi connectivity index (χ4v) is 1.29. The number of carbonyl (C=O) groups is 1. The van der Waals surface area contributed by atoms with Crippen molar-refractivity contribution < 1.29 is 18.8 Å². The lowest BCUT2D eigenvalue weighted by Gasteiger charge is -2.08. The first-order chi connectivity index (χ1) is 7.10. The molecule has 1 aromatic carbocycles. The third-order valence-electron chi connectivity index (χ3n) is 2.21. The molecule has 2 rings (SSSR count). The standard InChI is InChI=1S/C9H9FN2O3/c1-14-7-4-5(2-3-6(7)10)9(8(11)13)12-15-9/h2-4,12H,1H3,(H2,11,13). The SMILES string of the molecule is COc1cc(C2(C(N)=O)NO2)ccc1F. The first-order valence-corrected chi connectivity index (χ1v) is 4.19. The predicted molar refractivity (Wildman–Crippen MR) is 48.0 cm³/mol. The fourth-order valence-electron chi connectivity index (χ4n) is 1.29. The molecule has 80 valence electrons. The molecule has 5 nitrogen and oxygen atoms in total. The molecule has 15 heavy (non-hydrogen) atoms. The molecule has 1 aliphatic rings. The Morgan fingerprint density at radius 2 is 2.33 bits per heavy atom. The van der Waals surface area contributed by atoms with E-state index in [0.717, 1.165) is 0 Å². The van der Waals surface area contributed by atoms with Gasteiger partial charge in [-0.1, -0.05) is 6.07 Å². The van der Waals surface area contributed by atoms with Crippen LogP contribution in [0.2, 0.25) is 0 Å². The molecular weight excluding hydrogens is 203 g/mol. The van der Waals surface area contributed by atoms with Crippen LogP contribution in [0.1, 0.15) is 5.56 Å². The Morgan fingerprint density at radius 3 is 2.80 bits per heavy atom. The zero-order chi connectivity index (χ0) is 11.1. The summed E-state index contributed by atoms with van der Waals surface area (Å²) in [5.74, 6) is -1.16. The highest BCUT2D eigenvalue weighted by Crippen LogP contribution is 2.34. The van der Waals surface area contributed by atoms with Gasteiger partial charge in [0.2, 0.25) is 0 Å². The summed E-state index contributed by atoms with van der Waals surface area (Å²) in [5, 5.41) is 0. The zero-order valence-electron chi connectivity index (χ0n) is 7.91. The molecule has 6 heteroatoms. The topological polar surface area (TPSA) is 86.8 Å². The van der Waals surface area contributed by atoms with Crippen molar-refractivity contribution in [2.75, 3.05) is 7.11 Å². The number of ether oxygens (including phenoxy) is 1. The number of nitrogens with two attached hydrogens (primary N) is 1. The van der Waals surface area contributed by atoms with E-state index in [9.17, 15) is 9.18 Å². The highest BCUT2D eigenvalue weighted by Gasteiger charge is 2.53. The third kappa shape index (κ3) is 1.43. The first kappa shape index (κ1) is 9.88. The molecule has 1 heterocycles. The molecule has 0 aromatic heterocycles. The van der Waals surface area contributed by atoms with Gasteiger partial charge in [-0.25, -0.2) is 4.39 Å². The summed E-state index contributed by atoms with van der Waals surface area (Å²) in [4.78, 5) is 15.8. The lowest BCUT2D eigenvalue weighted by Crippen LogP contribution is -2.32. The number of rotatable bonds is 3. The number of primary amides is 1. The average Bonchev–Trinajstić information content (AvgIpc) is 2.99. The number of methoxy groups -OCH3 is 1. The zero-order valence-corrected chi connectivity index (χ0v) is 7.91. The van der Waals surface area contributed by atoms with Crippen molar-refractivity contribution in [2.45, 2.75) is 5.72 Å². The Labute approximate surface area is 84.9 Å². The van der Waals surface area contributed by atoms with Crippen molar-refractivity contribution in [3.63, 3.8) is 0 Å². The maximum Gasteiger partial charge on any atom is 0.273 e. The van der Waals surface area contributed by atoms with E-state index in [4.69, 9.17) is 15.3 Å². The molecule has 0 bridgehead atoms. The third-order valence-corrected chi connectivity index (χ3v) is 2.21. The van der Waals surface area contributed by atoms with E-state index in [1.54, 1.807) is 0 Å². The van der Waals surface area contributed by atoms with E-state index in [0.29, 0.717) is 5.56 Å². The van der Waals surface area contributed by atoms with Crippen LogP contribution in [0.15, 0.2) is 18.2 Å². The predicted octanol–water partition coefficient (Wildman–Crippen LogP) is 0.00720. The monoisotopic (exact) mass is 212 g/mol. The lowest BCUT2D eigenvalue weighted by molar-refractivity contribution is -0.123. The Balaban J connectivity index is 2.42. The van der Waals surface area contributed by atoms with Crippen molar-refractivity contribution in [1.29, 1.82) is 0 Å². The Kier molecular flexibility index (Phi) is 2.09. The van der Waals surface area contributed by atoms with E-state index in [-0.39, 0.29) is 5.75 Å². The van der Waals surface area contributed by atoms with Crippen LogP contribution < -0.4 is 16.0 Å².